The van der Waals surface area contributed by atoms with Crippen molar-refractivity contribution in [3.05, 3.63) is 62.6 Å². The summed E-state index contributed by atoms with van der Waals surface area (Å²) in [6, 6.07) is 11.2. The van der Waals surface area contributed by atoms with Crippen LogP contribution in [0, 0.1) is 11.3 Å². The third kappa shape index (κ3) is 5.10. The molecule has 7 nitrogen and oxygen atoms in total. The molecule has 2 aromatic heterocycles. The Morgan fingerprint density at radius 2 is 2.03 bits per heavy atom. The van der Waals surface area contributed by atoms with E-state index in [0.29, 0.717) is 16.3 Å². The van der Waals surface area contributed by atoms with Crippen LogP contribution in [0.4, 0.5) is 5.00 Å². The van der Waals surface area contributed by atoms with E-state index < -0.39 is 11.9 Å². The monoisotopic (exact) mass is 498 g/mol. The lowest BCUT2D eigenvalue weighted by Gasteiger charge is -2.05. The van der Waals surface area contributed by atoms with E-state index in [0.717, 1.165) is 14.9 Å². The molecule has 158 valence electrons. The largest absolute Gasteiger partial charge is 0.465 e. The van der Waals surface area contributed by atoms with Gasteiger partial charge in [0.15, 0.2) is 0 Å². The van der Waals surface area contributed by atoms with Crippen molar-refractivity contribution < 1.29 is 14.3 Å². The van der Waals surface area contributed by atoms with Gasteiger partial charge in [0.05, 0.1) is 24.6 Å². The normalized spacial score (nSPS) is 11.3. The first-order valence-corrected chi connectivity index (χ1v) is 10.9. The van der Waals surface area contributed by atoms with Crippen LogP contribution in [0.15, 0.2) is 46.6 Å². The summed E-state index contributed by atoms with van der Waals surface area (Å²) in [5.74, 6) is -0.995. The topological polar surface area (TPSA) is 108 Å². The van der Waals surface area contributed by atoms with Crippen LogP contribution < -0.4 is 5.32 Å². The number of methoxy groups -OCH3 is 1. The molecule has 1 aromatic carbocycles. The van der Waals surface area contributed by atoms with Gasteiger partial charge in [-0.05, 0) is 30.2 Å². The standard InChI is InChI=1S/C22H19BrN4O3S/c1-12(2)18-9-17(22(29)30-3)21(31-18)26-20(28)14(10-24)8-15-11-25-27-19(15)13-4-6-16(23)7-5-13/h4-9,11-12H,1-3H3,(H,25,27)(H,26,28). The number of amides is 1. The smallest absolute Gasteiger partial charge is 0.340 e. The fourth-order valence-corrected chi connectivity index (χ4v) is 4.08. The highest BCUT2D eigenvalue weighted by molar-refractivity contribution is 9.10. The van der Waals surface area contributed by atoms with Crippen molar-refractivity contribution in [2.75, 3.05) is 12.4 Å². The van der Waals surface area contributed by atoms with Crippen molar-refractivity contribution in [2.24, 2.45) is 0 Å². The lowest BCUT2D eigenvalue weighted by Crippen LogP contribution is -2.15. The number of nitriles is 1. The molecule has 2 heterocycles. The number of benzene rings is 1. The fourth-order valence-electron chi connectivity index (χ4n) is 2.78. The quantitative estimate of drug-likeness (QED) is 0.270. The number of esters is 1. The maximum absolute atomic E-state index is 12.8. The molecule has 0 radical (unpaired) electrons. The highest BCUT2D eigenvalue weighted by atomic mass is 79.9. The molecule has 0 spiro atoms. The molecule has 3 rings (SSSR count). The number of hydrogen-bond acceptors (Lipinski definition) is 6. The van der Waals surface area contributed by atoms with E-state index >= 15 is 0 Å². The van der Waals surface area contributed by atoms with Crippen LogP contribution >= 0.6 is 27.3 Å². The summed E-state index contributed by atoms with van der Waals surface area (Å²) < 4.78 is 5.75. The van der Waals surface area contributed by atoms with Gasteiger partial charge in [-0.3, -0.25) is 9.89 Å². The molecule has 2 N–H and O–H groups in total. The summed E-state index contributed by atoms with van der Waals surface area (Å²) in [7, 11) is 1.28. The maximum atomic E-state index is 12.8. The van der Waals surface area contributed by atoms with E-state index in [1.807, 2.05) is 44.2 Å². The zero-order valence-corrected chi connectivity index (χ0v) is 19.4. The molecule has 0 aliphatic carbocycles. The molecule has 0 saturated heterocycles. The Labute approximate surface area is 191 Å². The number of nitrogens with one attached hydrogen (secondary N) is 2. The predicted octanol–water partition coefficient (Wildman–Crippen LogP) is 5.36. The first kappa shape index (κ1) is 22.5. The van der Waals surface area contributed by atoms with E-state index in [9.17, 15) is 14.9 Å². The van der Waals surface area contributed by atoms with E-state index in [-0.39, 0.29) is 17.1 Å². The second kappa shape index (κ2) is 9.73. The van der Waals surface area contributed by atoms with E-state index in [1.165, 1.54) is 24.5 Å². The molecular weight excluding hydrogens is 480 g/mol. The maximum Gasteiger partial charge on any atom is 0.340 e. The summed E-state index contributed by atoms with van der Waals surface area (Å²) in [6.45, 7) is 3.98. The molecule has 31 heavy (non-hydrogen) atoms. The summed E-state index contributed by atoms with van der Waals surface area (Å²) in [4.78, 5) is 25.9. The number of carbonyl (C=O) groups excluding carboxylic acids is 2. The number of thiophene rings is 1. The number of aromatic amines is 1. The Morgan fingerprint density at radius 1 is 1.32 bits per heavy atom. The fraction of sp³-hybridized carbons (Fsp3) is 0.182. The third-order valence-corrected chi connectivity index (χ3v) is 6.30. The zero-order valence-electron chi connectivity index (χ0n) is 17.0. The number of aromatic nitrogens is 2. The van der Waals surface area contributed by atoms with Crippen molar-refractivity contribution in [1.82, 2.24) is 10.2 Å². The van der Waals surface area contributed by atoms with E-state index in [2.05, 4.69) is 31.4 Å². The van der Waals surface area contributed by atoms with Crippen molar-refractivity contribution in [3.63, 3.8) is 0 Å². The number of nitrogens with zero attached hydrogens (tertiary/aromatic N) is 2. The molecule has 3 aromatic rings. The summed E-state index contributed by atoms with van der Waals surface area (Å²) in [5, 5.41) is 19.6. The Kier molecular flexibility index (Phi) is 7.05. The second-order valence-electron chi connectivity index (χ2n) is 6.87. The Balaban J connectivity index is 1.91. The van der Waals surface area contributed by atoms with Crippen LogP contribution in [0.3, 0.4) is 0 Å². The van der Waals surface area contributed by atoms with E-state index in [1.54, 1.807) is 12.3 Å². The van der Waals surface area contributed by atoms with Gasteiger partial charge in [0.2, 0.25) is 0 Å². The number of halogens is 1. The summed E-state index contributed by atoms with van der Waals surface area (Å²) >= 11 is 4.68. The van der Waals surface area contributed by atoms with Gasteiger partial charge >= 0.3 is 5.97 Å². The van der Waals surface area contributed by atoms with Gasteiger partial charge in [0.1, 0.15) is 16.6 Å². The van der Waals surface area contributed by atoms with Crippen LogP contribution in [-0.4, -0.2) is 29.2 Å². The lowest BCUT2D eigenvalue weighted by atomic mass is 10.1. The Bertz CT molecular complexity index is 1190. The SMILES string of the molecule is COC(=O)c1cc(C(C)C)sc1NC(=O)C(C#N)=Cc1cn[nH]c1-c1ccc(Br)cc1. The van der Waals surface area contributed by atoms with Crippen molar-refractivity contribution >= 4 is 50.2 Å². The highest BCUT2D eigenvalue weighted by Gasteiger charge is 2.21. The Morgan fingerprint density at radius 3 is 2.65 bits per heavy atom. The summed E-state index contributed by atoms with van der Waals surface area (Å²) in [5.41, 5.74) is 2.28. The highest BCUT2D eigenvalue weighted by Crippen LogP contribution is 2.34. The molecule has 0 atom stereocenters. The van der Waals surface area contributed by atoms with Crippen LogP contribution in [0.1, 0.15) is 40.6 Å². The number of hydrogen-bond donors (Lipinski definition) is 2. The first-order valence-electron chi connectivity index (χ1n) is 9.28. The predicted molar refractivity (Wildman–Crippen MR) is 124 cm³/mol. The van der Waals surface area contributed by atoms with Gasteiger partial charge in [-0.2, -0.15) is 10.4 Å². The average molecular weight is 499 g/mol. The number of anilines is 1. The minimum atomic E-state index is -0.618. The first-order chi connectivity index (χ1) is 14.8. The van der Waals surface area contributed by atoms with Crippen molar-refractivity contribution in [3.8, 4) is 17.3 Å². The molecule has 0 bridgehead atoms. The van der Waals surface area contributed by atoms with Gasteiger partial charge in [-0.25, -0.2) is 4.79 Å². The molecule has 0 saturated carbocycles. The molecule has 0 aliphatic rings. The van der Waals surface area contributed by atoms with Crippen LogP contribution in [0.25, 0.3) is 17.3 Å². The number of ether oxygens (including phenoxy) is 1. The molecule has 0 aliphatic heterocycles. The summed E-state index contributed by atoms with van der Waals surface area (Å²) in [6.07, 6.45) is 3.01. The zero-order chi connectivity index (χ0) is 22.5. The van der Waals surface area contributed by atoms with Gasteiger partial charge in [0, 0.05) is 20.5 Å². The minimum absolute atomic E-state index is 0.116. The molecule has 0 fully saturated rings. The van der Waals surface area contributed by atoms with Gasteiger partial charge in [-0.15, -0.1) is 11.3 Å². The van der Waals surface area contributed by atoms with Gasteiger partial charge < -0.3 is 10.1 Å². The number of rotatable bonds is 6. The number of carbonyl (C=O) groups is 2. The second-order valence-corrected chi connectivity index (χ2v) is 8.87. The van der Waals surface area contributed by atoms with Crippen molar-refractivity contribution in [2.45, 2.75) is 19.8 Å². The van der Waals surface area contributed by atoms with Crippen LogP contribution in [-0.2, 0) is 9.53 Å². The average Bonchev–Trinajstić information content (AvgIpc) is 3.39. The molecule has 1 amide bonds. The Hall–Kier alpha value is -3.22. The lowest BCUT2D eigenvalue weighted by molar-refractivity contribution is -0.112. The van der Waals surface area contributed by atoms with Crippen LogP contribution in [0.5, 0.6) is 0 Å². The number of H-pyrrole nitrogens is 1. The minimum Gasteiger partial charge on any atom is -0.465 e. The van der Waals surface area contributed by atoms with Crippen molar-refractivity contribution in [1.29, 1.82) is 5.26 Å². The van der Waals surface area contributed by atoms with E-state index in [4.69, 9.17) is 4.74 Å². The van der Waals surface area contributed by atoms with Gasteiger partial charge in [-0.1, -0.05) is 41.9 Å². The third-order valence-electron chi connectivity index (χ3n) is 4.42. The van der Waals surface area contributed by atoms with Gasteiger partial charge in [0.25, 0.3) is 5.91 Å². The molecular formula is C22H19BrN4O3S. The van der Waals surface area contributed by atoms with Crippen LogP contribution in [0.2, 0.25) is 0 Å². The molecule has 9 heteroatoms. The molecule has 0 unspecified atom stereocenters.